The van der Waals surface area contributed by atoms with Crippen molar-refractivity contribution in [3.05, 3.63) is 12.2 Å². The minimum absolute atomic E-state index is 0.329. The normalized spacial score (nSPS) is 10.5. The largest absolute Gasteiger partial charge is 0.396 e. The van der Waals surface area contributed by atoms with E-state index in [1.165, 1.54) is 32.1 Å². The van der Waals surface area contributed by atoms with E-state index in [-0.39, 0.29) is 0 Å². The Morgan fingerprint density at radius 1 is 0.824 bits per heavy atom. The molecule has 1 nitrogen and oxygen atoms in total. The number of aliphatic hydroxyl groups is 1. The molecule has 0 radical (unpaired) electrons. The predicted octanol–water partition coefficient (Wildman–Crippen LogP) is 4.46. The average molecular weight is 236 g/mol. The lowest BCUT2D eigenvalue weighted by Crippen LogP contribution is -1.82. The molecule has 0 aromatic heterocycles. The molecule has 98 valence electrons. The summed E-state index contributed by atoms with van der Waals surface area (Å²) in [7, 11) is 0. The van der Waals surface area contributed by atoms with Crippen LogP contribution in [0.2, 0.25) is 0 Å². The molecular formula is C16H28O. The minimum atomic E-state index is 0.329. The van der Waals surface area contributed by atoms with Gasteiger partial charge in [0.15, 0.2) is 0 Å². The number of aliphatic hydroxyl groups excluding tert-OH is 1. The van der Waals surface area contributed by atoms with Gasteiger partial charge in [0.1, 0.15) is 0 Å². The Morgan fingerprint density at radius 2 is 1.53 bits per heavy atom. The van der Waals surface area contributed by atoms with Crippen LogP contribution in [0.1, 0.15) is 71.1 Å². The molecule has 0 saturated heterocycles. The molecule has 0 unspecified atom stereocenters. The molecular weight excluding hydrogens is 208 g/mol. The Balaban J connectivity index is 3.17. The third-order valence-electron chi connectivity index (χ3n) is 2.66. The van der Waals surface area contributed by atoms with E-state index in [1.807, 2.05) is 0 Å². The van der Waals surface area contributed by atoms with Crippen LogP contribution in [0.5, 0.6) is 0 Å². The van der Waals surface area contributed by atoms with E-state index in [4.69, 9.17) is 5.11 Å². The van der Waals surface area contributed by atoms with E-state index >= 15 is 0 Å². The van der Waals surface area contributed by atoms with Crippen LogP contribution in [0.25, 0.3) is 0 Å². The van der Waals surface area contributed by atoms with Gasteiger partial charge < -0.3 is 5.11 Å². The highest BCUT2D eigenvalue weighted by molar-refractivity contribution is 5.00. The summed E-state index contributed by atoms with van der Waals surface area (Å²) in [6, 6.07) is 0. The monoisotopic (exact) mass is 236 g/mol. The second-order valence-electron chi connectivity index (χ2n) is 4.39. The van der Waals surface area contributed by atoms with Gasteiger partial charge in [0.2, 0.25) is 0 Å². The molecule has 0 aliphatic carbocycles. The van der Waals surface area contributed by atoms with Gasteiger partial charge in [-0.25, -0.2) is 0 Å². The summed E-state index contributed by atoms with van der Waals surface area (Å²) >= 11 is 0. The molecule has 0 aliphatic rings. The van der Waals surface area contributed by atoms with Crippen LogP contribution in [0.15, 0.2) is 12.2 Å². The van der Waals surface area contributed by atoms with Crippen LogP contribution in [0.3, 0.4) is 0 Å². The lowest BCUT2D eigenvalue weighted by atomic mass is 10.1. The first kappa shape index (κ1) is 16.3. The molecule has 0 aliphatic heterocycles. The highest BCUT2D eigenvalue weighted by atomic mass is 16.2. The van der Waals surface area contributed by atoms with Crippen LogP contribution in [0, 0.1) is 11.8 Å². The summed E-state index contributed by atoms with van der Waals surface area (Å²) in [5.41, 5.74) is 0. The van der Waals surface area contributed by atoms with Crippen molar-refractivity contribution in [2.75, 3.05) is 6.61 Å². The molecule has 0 amide bonds. The van der Waals surface area contributed by atoms with Crippen LogP contribution in [0.4, 0.5) is 0 Å². The van der Waals surface area contributed by atoms with Gasteiger partial charge in [-0.15, -0.1) is 11.8 Å². The molecule has 0 rings (SSSR count). The Hall–Kier alpha value is -0.740. The van der Waals surface area contributed by atoms with E-state index in [0.717, 1.165) is 32.1 Å². The van der Waals surface area contributed by atoms with Crippen molar-refractivity contribution in [1.29, 1.82) is 0 Å². The van der Waals surface area contributed by atoms with Crippen molar-refractivity contribution in [2.24, 2.45) is 0 Å². The highest BCUT2D eigenvalue weighted by Gasteiger charge is 1.86. The van der Waals surface area contributed by atoms with Gasteiger partial charge in [-0.05, 0) is 25.7 Å². The van der Waals surface area contributed by atoms with E-state index in [2.05, 4.69) is 30.9 Å². The fourth-order valence-corrected chi connectivity index (χ4v) is 1.57. The lowest BCUT2D eigenvalue weighted by Gasteiger charge is -1.94. The van der Waals surface area contributed by atoms with Crippen molar-refractivity contribution in [1.82, 2.24) is 0 Å². The third-order valence-corrected chi connectivity index (χ3v) is 2.66. The van der Waals surface area contributed by atoms with Gasteiger partial charge in [-0.2, -0.15) is 0 Å². The van der Waals surface area contributed by atoms with E-state index in [0.29, 0.717) is 6.61 Å². The smallest absolute Gasteiger partial charge is 0.0431 e. The second-order valence-corrected chi connectivity index (χ2v) is 4.39. The molecule has 0 aromatic carbocycles. The van der Waals surface area contributed by atoms with Gasteiger partial charge in [0, 0.05) is 19.4 Å². The lowest BCUT2D eigenvalue weighted by molar-refractivity contribution is 0.282. The first-order chi connectivity index (χ1) is 8.41. The summed E-state index contributed by atoms with van der Waals surface area (Å²) in [5.74, 6) is 6.43. The summed E-state index contributed by atoms with van der Waals surface area (Å²) in [4.78, 5) is 0. The van der Waals surface area contributed by atoms with Gasteiger partial charge in [-0.1, -0.05) is 44.8 Å². The topological polar surface area (TPSA) is 20.2 Å². The fraction of sp³-hybridized carbons (Fsp3) is 0.750. The molecule has 0 fully saturated rings. The fourth-order valence-electron chi connectivity index (χ4n) is 1.57. The predicted molar refractivity (Wildman–Crippen MR) is 75.8 cm³/mol. The van der Waals surface area contributed by atoms with Crippen LogP contribution >= 0.6 is 0 Å². The summed E-state index contributed by atoms with van der Waals surface area (Å²) in [5, 5.41) is 8.61. The molecule has 0 heterocycles. The van der Waals surface area contributed by atoms with Crippen molar-refractivity contribution in [3.8, 4) is 11.8 Å². The zero-order valence-corrected chi connectivity index (χ0v) is 11.4. The maximum Gasteiger partial charge on any atom is 0.0431 e. The molecule has 0 saturated carbocycles. The SMILES string of the molecule is CCCC/C=C/CCC#CCCCCCCO. The standard InChI is InChI=1S/C16H28O/c1-2-3-4-5-6-7-8-9-10-11-12-13-14-15-16-17/h5-6,17H,2-4,7-8,11-16H2,1H3/b6-5+. The van der Waals surface area contributed by atoms with Gasteiger partial charge in [0.05, 0.1) is 0 Å². The van der Waals surface area contributed by atoms with Gasteiger partial charge in [-0.3, -0.25) is 0 Å². The van der Waals surface area contributed by atoms with E-state index in [1.54, 1.807) is 0 Å². The Kier molecular flexibility index (Phi) is 14.6. The van der Waals surface area contributed by atoms with Crippen molar-refractivity contribution in [2.45, 2.75) is 71.1 Å². The summed E-state index contributed by atoms with van der Waals surface area (Å²) in [6.45, 7) is 2.55. The number of rotatable bonds is 10. The van der Waals surface area contributed by atoms with Gasteiger partial charge in [0.25, 0.3) is 0 Å². The Morgan fingerprint density at radius 3 is 2.29 bits per heavy atom. The number of hydrogen-bond donors (Lipinski definition) is 1. The van der Waals surface area contributed by atoms with Gasteiger partial charge >= 0.3 is 0 Å². The summed E-state index contributed by atoms with van der Waals surface area (Å²) in [6.07, 6.45) is 15.9. The third kappa shape index (κ3) is 15.3. The van der Waals surface area contributed by atoms with Crippen molar-refractivity contribution in [3.63, 3.8) is 0 Å². The number of unbranched alkanes of at least 4 members (excludes halogenated alkanes) is 7. The zero-order valence-electron chi connectivity index (χ0n) is 11.4. The quantitative estimate of drug-likeness (QED) is 0.337. The molecule has 0 aromatic rings. The molecule has 17 heavy (non-hydrogen) atoms. The van der Waals surface area contributed by atoms with Crippen LogP contribution in [-0.4, -0.2) is 11.7 Å². The number of hydrogen-bond acceptors (Lipinski definition) is 1. The summed E-state index contributed by atoms with van der Waals surface area (Å²) < 4.78 is 0. The molecule has 1 heteroatoms. The maximum atomic E-state index is 8.61. The first-order valence-electron chi connectivity index (χ1n) is 7.13. The molecule has 0 bridgehead atoms. The van der Waals surface area contributed by atoms with Crippen molar-refractivity contribution < 1.29 is 5.11 Å². The Bertz CT molecular complexity index is 219. The second kappa shape index (κ2) is 15.3. The van der Waals surface area contributed by atoms with E-state index < -0.39 is 0 Å². The maximum absolute atomic E-state index is 8.61. The first-order valence-corrected chi connectivity index (χ1v) is 7.13. The zero-order chi connectivity index (χ0) is 12.6. The van der Waals surface area contributed by atoms with Crippen LogP contribution in [-0.2, 0) is 0 Å². The molecule has 1 N–H and O–H groups in total. The van der Waals surface area contributed by atoms with Crippen molar-refractivity contribution >= 4 is 0 Å². The molecule has 0 spiro atoms. The average Bonchev–Trinajstić information content (AvgIpc) is 2.35. The highest BCUT2D eigenvalue weighted by Crippen LogP contribution is 2.01. The van der Waals surface area contributed by atoms with E-state index in [9.17, 15) is 0 Å². The Labute approximate surface area is 107 Å². The molecule has 0 atom stereocenters. The van der Waals surface area contributed by atoms with Crippen LogP contribution < -0.4 is 0 Å². The minimum Gasteiger partial charge on any atom is -0.396 e. The number of allylic oxidation sites excluding steroid dienone is 2.